The summed E-state index contributed by atoms with van der Waals surface area (Å²) in [5.41, 5.74) is 3.59. The number of nitrogens with zero attached hydrogens (tertiary/aromatic N) is 4. The van der Waals surface area contributed by atoms with Crippen molar-refractivity contribution in [3.8, 4) is 0 Å². The van der Waals surface area contributed by atoms with Gasteiger partial charge in [-0.15, -0.1) is 0 Å². The fraction of sp³-hybridized carbons (Fsp3) is 0.421. The molecular weight excluding hydrogens is 314 g/mol. The second kappa shape index (κ2) is 6.70. The zero-order valence-corrected chi connectivity index (χ0v) is 15.4. The first-order valence-electron chi connectivity index (χ1n) is 8.63. The minimum absolute atomic E-state index is 0.0655. The normalized spacial score (nSPS) is 12.7. The number of para-hydroxylation sites is 2. The van der Waals surface area contributed by atoms with Gasteiger partial charge in [-0.2, -0.15) is 5.10 Å². The summed E-state index contributed by atoms with van der Waals surface area (Å²) in [6.45, 7) is 8.17. The number of anilines is 1. The van der Waals surface area contributed by atoms with Gasteiger partial charge in [0.1, 0.15) is 11.9 Å². The molecule has 1 N–H and O–H groups in total. The molecule has 0 fully saturated rings. The lowest BCUT2D eigenvalue weighted by molar-refractivity contribution is -0.118. The molecule has 1 amide bonds. The van der Waals surface area contributed by atoms with Crippen LogP contribution in [0.1, 0.15) is 38.3 Å². The molecule has 3 rings (SSSR count). The van der Waals surface area contributed by atoms with Crippen LogP contribution in [0, 0.1) is 12.8 Å². The van der Waals surface area contributed by atoms with E-state index >= 15 is 0 Å². The zero-order valence-electron chi connectivity index (χ0n) is 15.4. The monoisotopic (exact) mass is 339 g/mol. The highest BCUT2D eigenvalue weighted by Gasteiger charge is 2.22. The Morgan fingerprint density at radius 2 is 1.96 bits per heavy atom. The van der Waals surface area contributed by atoms with Crippen LogP contribution in [0.4, 0.5) is 5.69 Å². The molecule has 6 nitrogen and oxygen atoms in total. The fourth-order valence-electron chi connectivity index (χ4n) is 3.01. The van der Waals surface area contributed by atoms with Crippen LogP contribution in [-0.2, 0) is 18.3 Å². The quantitative estimate of drug-likeness (QED) is 0.774. The van der Waals surface area contributed by atoms with Crippen molar-refractivity contribution in [2.45, 2.75) is 40.2 Å². The van der Waals surface area contributed by atoms with E-state index in [-0.39, 0.29) is 11.9 Å². The summed E-state index contributed by atoms with van der Waals surface area (Å²) in [5.74, 6) is 1.34. The van der Waals surface area contributed by atoms with E-state index in [1.54, 1.807) is 10.9 Å². The van der Waals surface area contributed by atoms with Gasteiger partial charge in [0, 0.05) is 13.5 Å². The van der Waals surface area contributed by atoms with Gasteiger partial charge in [0.2, 0.25) is 5.91 Å². The smallest absolute Gasteiger partial charge is 0.247 e. The first-order valence-corrected chi connectivity index (χ1v) is 8.63. The molecule has 132 valence electrons. The minimum Gasteiger partial charge on any atom is -0.321 e. The third kappa shape index (κ3) is 3.29. The Labute approximate surface area is 147 Å². The van der Waals surface area contributed by atoms with Gasteiger partial charge in [-0.05, 0) is 31.9 Å². The maximum absolute atomic E-state index is 12.9. The fourth-order valence-corrected chi connectivity index (χ4v) is 3.01. The minimum atomic E-state index is -0.360. The van der Waals surface area contributed by atoms with Gasteiger partial charge in [-0.25, -0.2) is 4.98 Å². The standard InChI is InChI=1S/C19H25N5O/c1-12(2)10-18-21-15-8-6-7-9-17(15)24(18)14(4)19(25)22-16-11-20-23(5)13(16)3/h6-9,11-12,14H,10H2,1-5H3,(H,22,25). The number of amides is 1. The van der Waals surface area contributed by atoms with Crippen molar-refractivity contribution in [3.63, 3.8) is 0 Å². The van der Waals surface area contributed by atoms with E-state index in [0.29, 0.717) is 5.92 Å². The van der Waals surface area contributed by atoms with Crippen LogP contribution in [0.25, 0.3) is 11.0 Å². The topological polar surface area (TPSA) is 64.7 Å². The number of hydrogen-bond donors (Lipinski definition) is 1. The van der Waals surface area contributed by atoms with Crippen molar-refractivity contribution in [3.05, 3.63) is 42.0 Å². The van der Waals surface area contributed by atoms with Gasteiger partial charge in [-0.3, -0.25) is 9.48 Å². The largest absolute Gasteiger partial charge is 0.321 e. The van der Waals surface area contributed by atoms with E-state index < -0.39 is 0 Å². The molecular formula is C19H25N5O. The molecule has 0 bridgehead atoms. The Hall–Kier alpha value is -2.63. The summed E-state index contributed by atoms with van der Waals surface area (Å²) in [5, 5.41) is 7.17. The van der Waals surface area contributed by atoms with Crippen molar-refractivity contribution in [1.29, 1.82) is 0 Å². The first-order chi connectivity index (χ1) is 11.9. The number of carbonyl (C=O) groups excluding carboxylic acids is 1. The molecule has 2 heterocycles. The number of nitrogens with one attached hydrogen (secondary N) is 1. The maximum atomic E-state index is 12.9. The molecule has 25 heavy (non-hydrogen) atoms. The highest BCUT2D eigenvalue weighted by molar-refractivity contribution is 5.95. The number of fused-ring (bicyclic) bond motifs is 1. The Morgan fingerprint density at radius 3 is 2.60 bits per heavy atom. The molecule has 0 aliphatic carbocycles. The van der Waals surface area contributed by atoms with Crippen molar-refractivity contribution in [2.75, 3.05) is 5.32 Å². The number of benzene rings is 1. The van der Waals surface area contributed by atoms with E-state index in [4.69, 9.17) is 4.98 Å². The number of aryl methyl sites for hydroxylation is 1. The summed E-state index contributed by atoms with van der Waals surface area (Å²) in [6.07, 6.45) is 2.51. The second-order valence-corrected chi connectivity index (χ2v) is 6.92. The average molecular weight is 339 g/mol. The molecule has 1 atom stereocenters. The van der Waals surface area contributed by atoms with Crippen molar-refractivity contribution in [1.82, 2.24) is 19.3 Å². The van der Waals surface area contributed by atoms with Crippen molar-refractivity contribution >= 4 is 22.6 Å². The van der Waals surface area contributed by atoms with E-state index in [2.05, 4.69) is 28.8 Å². The van der Waals surface area contributed by atoms with Crippen molar-refractivity contribution < 1.29 is 4.79 Å². The lowest BCUT2D eigenvalue weighted by Gasteiger charge is -2.18. The van der Waals surface area contributed by atoms with Gasteiger partial charge < -0.3 is 9.88 Å². The Kier molecular flexibility index (Phi) is 4.61. The van der Waals surface area contributed by atoms with Crippen LogP contribution in [0.2, 0.25) is 0 Å². The highest BCUT2D eigenvalue weighted by Crippen LogP contribution is 2.24. The summed E-state index contributed by atoms with van der Waals surface area (Å²) in [4.78, 5) is 17.6. The van der Waals surface area contributed by atoms with Crippen LogP contribution in [0.15, 0.2) is 30.5 Å². The summed E-state index contributed by atoms with van der Waals surface area (Å²) in [7, 11) is 1.86. The molecule has 6 heteroatoms. The average Bonchev–Trinajstić information content (AvgIpc) is 3.07. The molecule has 0 radical (unpaired) electrons. The first kappa shape index (κ1) is 17.2. The Bertz CT molecular complexity index is 906. The van der Waals surface area contributed by atoms with E-state index in [1.165, 1.54) is 0 Å². The summed E-state index contributed by atoms with van der Waals surface area (Å²) < 4.78 is 3.80. The number of hydrogen-bond acceptors (Lipinski definition) is 3. The molecule has 2 aromatic heterocycles. The van der Waals surface area contributed by atoms with Gasteiger partial charge >= 0.3 is 0 Å². The molecule has 0 aliphatic heterocycles. The number of rotatable bonds is 5. The lowest BCUT2D eigenvalue weighted by atomic mass is 10.1. The van der Waals surface area contributed by atoms with Crippen LogP contribution >= 0.6 is 0 Å². The summed E-state index contributed by atoms with van der Waals surface area (Å²) in [6, 6.07) is 7.61. The molecule has 1 unspecified atom stereocenters. The van der Waals surface area contributed by atoms with Crippen LogP contribution < -0.4 is 5.32 Å². The number of aromatic nitrogens is 4. The third-order valence-corrected chi connectivity index (χ3v) is 4.52. The maximum Gasteiger partial charge on any atom is 0.247 e. The van der Waals surface area contributed by atoms with Gasteiger partial charge in [0.15, 0.2) is 0 Å². The Morgan fingerprint density at radius 1 is 1.24 bits per heavy atom. The molecule has 0 saturated carbocycles. The van der Waals surface area contributed by atoms with Crippen LogP contribution in [0.3, 0.4) is 0 Å². The highest BCUT2D eigenvalue weighted by atomic mass is 16.2. The Balaban J connectivity index is 1.96. The van der Waals surface area contributed by atoms with Gasteiger partial charge in [0.25, 0.3) is 0 Å². The van der Waals surface area contributed by atoms with E-state index in [1.807, 2.05) is 45.2 Å². The predicted octanol–water partition coefficient (Wildman–Crippen LogP) is 3.48. The second-order valence-electron chi connectivity index (χ2n) is 6.92. The lowest BCUT2D eigenvalue weighted by Crippen LogP contribution is -2.25. The molecule has 3 aromatic rings. The SMILES string of the molecule is Cc1c(NC(=O)C(C)n2c(CC(C)C)nc3ccccc32)cnn1C. The summed E-state index contributed by atoms with van der Waals surface area (Å²) >= 11 is 0. The molecule has 1 aromatic carbocycles. The zero-order chi connectivity index (χ0) is 18.1. The van der Waals surface area contributed by atoms with Crippen LogP contribution in [0.5, 0.6) is 0 Å². The number of carbonyl (C=O) groups is 1. The van der Waals surface area contributed by atoms with E-state index in [9.17, 15) is 4.79 Å². The van der Waals surface area contributed by atoms with Crippen molar-refractivity contribution in [2.24, 2.45) is 13.0 Å². The van der Waals surface area contributed by atoms with Gasteiger partial charge in [-0.1, -0.05) is 26.0 Å². The predicted molar refractivity (Wildman–Crippen MR) is 99.6 cm³/mol. The number of imidazole rings is 1. The third-order valence-electron chi connectivity index (χ3n) is 4.52. The molecule has 0 spiro atoms. The van der Waals surface area contributed by atoms with Crippen LogP contribution in [-0.4, -0.2) is 25.2 Å². The molecule has 0 saturated heterocycles. The van der Waals surface area contributed by atoms with Gasteiger partial charge in [0.05, 0.1) is 28.6 Å². The van der Waals surface area contributed by atoms with E-state index in [0.717, 1.165) is 34.7 Å². The molecule has 0 aliphatic rings.